The fourth-order valence-electron chi connectivity index (χ4n) is 3.04. The summed E-state index contributed by atoms with van der Waals surface area (Å²) < 4.78 is 16.0. The number of carbonyl (C=O) groups excluding carboxylic acids is 1. The van der Waals surface area contributed by atoms with Crippen LogP contribution in [0.15, 0.2) is 16.9 Å². The molecule has 1 amide bonds. The van der Waals surface area contributed by atoms with Gasteiger partial charge in [-0.25, -0.2) is 4.98 Å². The van der Waals surface area contributed by atoms with Crippen LogP contribution < -0.4 is 20.3 Å². The third-order valence-electron chi connectivity index (χ3n) is 4.50. The molecule has 9 heteroatoms. The van der Waals surface area contributed by atoms with E-state index in [1.807, 2.05) is 6.92 Å². The Morgan fingerprint density at radius 1 is 1.33 bits per heavy atom. The number of morpholine rings is 1. The molecule has 27 heavy (non-hydrogen) atoms. The highest BCUT2D eigenvalue weighted by Gasteiger charge is 2.26. The van der Waals surface area contributed by atoms with Gasteiger partial charge in [-0.3, -0.25) is 9.59 Å². The number of benzene rings is 1. The summed E-state index contributed by atoms with van der Waals surface area (Å²) >= 11 is 0. The van der Waals surface area contributed by atoms with Crippen molar-refractivity contribution in [3.63, 3.8) is 0 Å². The van der Waals surface area contributed by atoms with Crippen LogP contribution in [0.5, 0.6) is 11.5 Å². The van der Waals surface area contributed by atoms with E-state index in [1.54, 1.807) is 17.0 Å². The number of ether oxygens (including phenoxy) is 3. The number of methoxy groups -OCH3 is 2. The quantitative estimate of drug-likeness (QED) is 0.746. The van der Waals surface area contributed by atoms with Crippen LogP contribution >= 0.6 is 0 Å². The third kappa shape index (κ3) is 4.04. The summed E-state index contributed by atoms with van der Waals surface area (Å²) in [5.41, 5.74) is 0.181. The number of fused-ring (bicyclic) bond motifs is 1. The smallest absolute Gasteiger partial charge is 0.258 e. The molecule has 1 aliphatic heterocycles. The monoisotopic (exact) mass is 376 g/mol. The number of nitrogens with one attached hydrogen (secondary N) is 2. The van der Waals surface area contributed by atoms with Crippen LogP contribution in [0.4, 0.5) is 0 Å². The fourth-order valence-corrected chi connectivity index (χ4v) is 3.04. The number of rotatable bonds is 6. The van der Waals surface area contributed by atoms with Gasteiger partial charge < -0.3 is 29.4 Å². The molecule has 1 aromatic carbocycles. The Labute approximate surface area is 156 Å². The summed E-state index contributed by atoms with van der Waals surface area (Å²) in [5, 5.41) is 3.54. The van der Waals surface area contributed by atoms with Gasteiger partial charge in [-0.05, 0) is 13.0 Å². The van der Waals surface area contributed by atoms with Gasteiger partial charge >= 0.3 is 0 Å². The minimum absolute atomic E-state index is 0.125. The van der Waals surface area contributed by atoms with Crippen molar-refractivity contribution in [3.05, 3.63) is 28.3 Å². The van der Waals surface area contributed by atoms with Gasteiger partial charge in [0.15, 0.2) is 11.5 Å². The van der Waals surface area contributed by atoms with Crippen LogP contribution in [0.1, 0.15) is 12.7 Å². The van der Waals surface area contributed by atoms with Gasteiger partial charge in [-0.15, -0.1) is 0 Å². The fraction of sp³-hybridized carbons (Fsp3) is 0.500. The number of likely N-dealkylation sites (N-methyl/N-ethyl adjacent to an activating group) is 1. The molecule has 0 radical (unpaired) electrons. The lowest BCUT2D eigenvalue weighted by atomic mass is 10.2. The Morgan fingerprint density at radius 2 is 2.07 bits per heavy atom. The predicted molar refractivity (Wildman–Crippen MR) is 99.2 cm³/mol. The number of carbonyl (C=O) groups is 1. The Balaban J connectivity index is 1.89. The van der Waals surface area contributed by atoms with E-state index in [9.17, 15) is 9.59 Å². The average Bonchev–Trinajstić information content (AvgIpc) is 2.71. The number of nitrogens with zero attached hydrogens (tertiary/aromatic N) is 2. The lowest BCUT2D eigenvalue weighted by Crippen LogP contribution is -2.49. The van der Waals surface area contributed by atoms with Crippen molar-refractivity contribution in [2.75, 3.05) is 40.5 Å². The van der Waals surface area contributed by atoms with Crippen molar-refractivity contribution in [2.24, 2.45) is 0 Å². The van der Waals surface area contributed by atoms with Gasteiger partial charge in [0.2, 0.25) is 0 Å². The second kappa shape index (κ2) is 8.36. The maximum Gasteiger partial charge on any atom is 0.258 e. The highest BCUT2D eigenvalue weighted by molar-refractivity contribution is 5.82. The molecule has 0 spiro atoms. The molecule has 1 fully saturated rings. The molecule has 1 aromatic heterocycles. The first-order valence-electron chi connectivity index (χ1n) is 8.83. The molecule has 9 nitrogen and oxygen atoms in total. The molecule has 0 aliphatic carbocycles. The zero-order valence-corrected chi connectivity index (χ0v) is 15.7. The van der Waals surface area contributed by atoms with E-state index in [1.165, 1.54) is 14.2 Å². The second-order valence-corrected chi connectivity index (χ2v) is 6.15. The minimum atomic E-state index is -0.518. The second-order valence-electron chi connectivity index (χ2n) is 6.15. The maximum atomic E-state index is 12.7. The molecule has 1 atom stereocenters. The molecule has 0 bridgehead atoms. The van der Waals surface area contributed by atoms with E-state index in [0.29, 0.717) is 47.9 Å². The number of aromatic nitrogens is 2. The first-order valence-corrected chi connectivity index (χ1v) is 8.83. The molecular formula is C18H24N4O5. The molecule has 146 valence electrons. The number of amides is 1. The molecule has 1 aliphatic rings. The summed E-state index contributed by atoms with van der Waals surface area (Å²) in [6.07, 6.45) is -0.518. The molecule has 0 saturated carbocycles. The maximum absolute atomic E-state index is 12.7. The van der Waals surface area contributed by atoms with Crippen LogP contribution in [-0.4, -0.2) is 67.3 Å². The van der Waals surface area contributed by atoms with Gasteiger partial charge in [0.1, 0.15) is 11.9 Å². The number of hydrogen-bond donors (Lipinski definition) is 2. The van der Waals surface area contributed by atoms with Crippen LogP contribution in [0, 0.1) is 0 Å². The largest absolute Gasteiger partial charge is 0.493 e. The van der Waals surface area contributed by atoms with Crippen LogP contribution in [0.2, 0.25) is 0 Å². The Bertz CT molecular complexity index is 876. The van der Waals surface area contributed by atoms with Crippen molar-refractivity contribution in [2.45, 2.75) is 19.6 Å². The van der Waals surface area contributed by atoms with Crippen molar-refractivity contribution in [3.8, 4) is 11.5 Å². The van der Waals surface area contributed by atoms with Crippen LogP contribution in [-0.2, 0) is 16.1 Å². The lowest BCUT2D eigenvalue weighted by Gasteiger charge is -2.28. The van der Waals surface area contributed by atoms with Gasteiger partial charge in [0.05, 0.1) is 38.3 Å². The standard InChI is InChI=1S/C18H24N4O5/c1-4-22(18(24)15-9-19-5-6-27-15)10-16-20-12-8-14(26-3)13(25-2)7-11(12)17(23)21-16/h7-8,15,19H,4-6,9-10H2,1-3H3,(H,20,21,23)/t15-/m1/s1. The molecule has 3 rings (SSSR count). The summed E-state index contributed by atoms with van der Waals surface area (Å²) in [6, 6.07) is 3.24. The zero-order chi connectivity index (χ0) is 19.4. The molecular weight excluding hydrogens is 352 g/mol. The summed E-state index contributed by atoms with van der Waals surface area (Å²) in [4.78, 5) is 34.0. The van der Waals surface area contributed by atoms with Crippen LogP contribution in [0.25, 0.3) is 10.9 Å². The van der Waals surface area contributed by atoms with Gasteiger partial charge in [-0.1, -0.05) is 0 Å². The van der Waals surface area contributed by atoms with E-state index in [4.69, 9.17) is 14.2 Å². The predicted octanol–water partition coefficient (Wildman–Crippen LogP) is 0.277. The average molecular weight is 376 g/mol. The summed E-state index contributed by atoms with van der Waals surface area (Å²) in [6.45, 7) is 4.26. The van der Waals surface area contributed by atoms with Crippen molar-refractivity contribution >= 4 is 16.8 Å². The van der Waals surface area contributed by atoms with Crippen LogP contribution in [0.3, 0.4) is 0 Å². The number of H-pyrrole nitrogens is 1. The molecule has 0 unspecified atom stereocenters. The summed E-state index contributed by atoms with van der Waals surface area (Å²) in [7, 11) is 3.03. The van der Waals surface area contributed by atoms with E-state index >= 15 is 0 Å². The van der Waals surface area contributed by atoms with Gasteiger partial charge in [0, 0.05) is 25.7 Å². The summed E-state index contributed by atoms with van der Waals surface area (Å²) in [5.74, 6) is 1.22. The molecule has 1 saturated heterocycles. The first-order chi connectivity index (χ1) is 13.1. The van der Waals surface area contributed by atoms with E-state index in [-0.39, 0.29) is 18.0 Å². The zero-order valence-electron chi connectivity index (χ0n) is 15.7. The normalized spacial score (nSPS) is 16.9. The topological polar surface area (TPSA) is 106 Å². The van der Waals surface area contributed by atoms with Crippen molar-refractivity contribution in [1.82, 2.24) is 20.2 Å². The third-order valence-corrected chi connectivity index (χ3v) is 4.50. The highest BCUT2D eigenvalue weighted by Crippen LogP contribution is 2.29. The Kier molecular flexibility index (Phi) is 5.92. The minimum Gasteiger partial charge on any atom is -0.493 e. The van der Waals surface area contributed by atoms with Crippen molar-refractivity contribution < 1.29 is 19.0 Å². The lowest BCUT2D eigenvalue weighted by molar-refractivity contribution is -0.145. The van der Waals surface area contributed by atoms with Gasteiger partial charge in [-0.2, -0.15) is 0 Å². The molecule has 2 N–H and O–H groups in total. The first kappa shape index (κ1) is 19.1. The van der Waals surface area contributed by atoms with Gasteiger partial charge in [0.25, 0.3) is 11.5 Å². The van der Waals surface area contributed by atoms with E-state index < -0.39 is 6.10 Å². The van der Waals surface area contributed by atoms with E-state index in [0.717, 1.165) is 6.54 Å². The Hall–Kier alpha value is -2.65. The SMILES string of the molecule is CCN(Cc1nc2cc(OC)c(OC)cc2c(=O)[nH]1)C(=O)[C@H]1CNCCO1. The highest BCUT2D eigenvalue weighted by atomic mass is 16.5. The molecule has 2 aromatic rings. The molecule has 2 heterocycles. The van der Waals surface area contributed by atoms with E-state index in [2.05, 4.69) is 15.3 Å². The Morgan fingerprint density at radius 3 is 2.70 bits per heavy atom. The number of hydrogen-bond acceptors (Lipinski definition) is 7. The van der Waals surface area contributed by atoms with Crippen molar-refractivity contribution in [1.29, 1.82) is 0 Å². The number of aromatic amines is 1.